The first-order valence-corrected chi connectivity index (χ1v) is 8.49. The van der Waals surface area contributed by atoms with Gasteiger partial charge in [0.05, 0.1) is 6.61 Å². The number of nitrogens with one attached hydrogen (secondary N) is 1. The zero-order valence-corrected chi connectivity index (χ0v) is 14.4. The van der Waals surface area contributed by atoms with Crippen LogP contribution in [0.15, 0.2) is 60.9 Å². The lowest BCUT2D eigenvalue weighted by molar-refractivity contribution is 0.340. The van der Waals surface area contributed by atoms with Crippen molar-refractivity contribution in [3.63, 3.8) is 0 Å². The summed E-state index contributed by atoms with van der Waals surface area (Å²) in [4.78, 5) is 4.32. The van der Waals surface area contributed by atoms with Crippen LogP contribution in [-0.4, -0.2) is 21.4 Å². The van der Waals surface area contributed by atoms with Gasteiger partial charge in [-0.2, -0.15) is 10.1 Å². The van der Waals surface area contributed by atoms with Crippen molar-refractivity contribution in [3.8, 4) is 5.75 Å². The van der Waals surface area contributed by atoms with E-state index in [4.69, 9.17) is 16.3 Å². The first-order chi connectivity index (χ1) is 12.2. The van der Waals surface area contributed by atoms with Gasteiger partial charge in [-0.3, -0.25) is 0 Å². The van der Waals surface area contributed by atoms with E-state index in [-0.39, 0.29) is 6.04 Å². The average molecular weight is 353 g/mol. The molecule has 1 aliphatic rings. The molecule has 4 rings (SSSR count). The van der Waals surface area contributed by atoms with Gasteiger partial charge in [-0.05, 0) is 48.4 Å². The lowest BCUT2D eigenvalue weighted by atomic mass is 10.0. The monoisotopic (exact) mass is 352 g/mol. The minimum Gasteiger partial charge on any atom is -0.494 e. The number of aromatic nitrogens is 3. The summed E-state index contributed by atoms with van der Waals surface area (Å²) in [5.41, 5.74) is 3.15. The standard InChI is InChI=1S/C19H17ClN4O/c1-2-25-16-9-5-14(6-10-16)18-11-17(13-3-7-15(20)8-4-13)23-19-21-12-22-24(18)19/h3-12,18H,2H2,1H3,(H,21,22,23)/t18-/m0/s1. The molecule has 0 unspecified atom stereocenters. The van der Waals surface area contributed by atoms with E-state index >= 15 is 0 Å². The van der Waals surface area contributed by atoms with E-state index in [0.29, 0.717) is 17.6 Å². The first kappa shape index (κ1) is 15.7. The third-order valence-electron chi connectivity index (χ3n) is 4.10. The van der Waals surface area contributed by atoms with Crippen molar-refractivity contribution in [2.45, 2.75) is 13.0 Å². The smallest absolute Gasteiger partial charge is 0.226 e. The number of allylic oxidation sites excluding steroid dienone is 1. The summed E-state index contributed by atoms with van der Waals surface area (Å²) < 4.78 is 7.40. The lowest BCUT2D eigenvalue weighted by Gasteiger charge is -2.24. The molecular formula is C19H17ClN4O. The minimum atomic E-state index is -0.0416. The molecule has 6 heteroatoms. The van der Waals surface area contributed by atoms with Crippen LogP contribution in [0.4, 0.5) is 5.95 Å². The SMILES string of the molecule is CCOc1ccc([C@@H]2C=C(c3ccc(Cl)cc3)Nc3ncnn32)cc1. The number of hydrogen-bond donors (Lipinski definition) is 1. The molecule has 126 valence electrons. The fraction of sp³-hybridized carbons (Fsp3) is 0.158. The second-order valence-electron chi connectivity index (χ2n) is 5.69. The van der Waals surface area contributed by atoms with Gasteiger partial charge < -0.3 is 10.1 Å². The number of hydrogen-bond acceptors (Lipinski definition) is 4. The molecular weight excluding hydrogens is 336 g/mol. The number of ether oxygens (including phenoxy) is 1. The van der Waals surface area contributed by atoms with Crippen molar-refractivity contribution in [1.82, 2.24) is 14.8 Å². The molecule has 1 aliphatic heterocycles. The topological polar surface area (TPSA) is 52.0 Å². The van der Waals surface area contributed by atoms with Crippen LogP contribution in [0.5, 0.6) is 5.75 Å². The van der Waals surface area contributed by atoms with Crippen molar-refractivity contribution < 1.29 is 4.74 Å². The Kier molecular flexibility index (Phi) is 4.15. The highest BCUT2D eigenvalue weighted by Gasteiger charge is 2.23. The molecule has 1 aromatic heterocycles. The van der Waals surface area contributed by atoms with Crippen LogP contribution >= 0.6 is 11.6 Å². The van der Waals surface area contributed by atoms with Gasteiger partial charge in [-0.1, -0.05) is 35.9 Å². The highest BCUT2D eigenvalue weighted by molar-refractivity contribution is 6.30. The molecule has 0 spiro atoms. The molecule has 3 aromatic rings. The maximum Gasteiger partial charge on any atom is 0.226 e. The third kappa shape index (κ3) is 3.10. The Morgan fingerprint density at radius 2 is 1.88 bits per heavy atom. The Morgan fingerprint density at radius 1 is 1.12 bits per heavy atom. The predicted molar refractivity (Wildman–Crippen MR) is 98.8 cm³/mol. The van der Waals surface area contributed by atoms with Gasteiger partial charge in [0.2, 0.25) is 5.95 Å². The Balaban J connectivity index is 1.73. The zero-order valence-electron chi connectivity index (χ0n) is 13.7. The Bertz CT molecular complexity index is 900. The highest BCUT2D eigenvalue weighted by atomic mass is 35.5. The quantitative estimate of drug-likeness (QED) is 0.756. The molecule has 2 heterocycles. The minimum absolute atomic E-state index is 0.0416. The Hall–Kier alpha value is -2.79. The molecule has 1 atom stereocenters. The van der Waals surface area contributed by atoms with E-state index < -0.39 is 0 Å². The number of benzene rings is 2. The Morgan fingerprint density at radius 3 is 2.60 bits per heavy atom. The molecule has 1 N–H and O–H groups in total. The van der Waals surface area contributed by atoms with E-state index in [1.165, 1.54) is 0 Å². The van der Waals surface area contributed by atoms with E-state index in [1.54, 1.807) is 6.33 Å². The Labute approximate surface area is 150 Å². The van der Waals surface area contributed by atoms with Crippen molar-refractivity contribution in [2.24, 2.45) is 0 Å². The summed E-state index contributed by atoms with van der Waals surface area (Å²) in [6.07, 6.45) is 3.70. The van der Waals surface area contributed by atoms with E-state index in [9.17, 15) is 0 Å². The molecule has 0 radical (unpaired) electrons. The highest BCUT2D eigenvalue weighted by Crippen LogP contribution is 2.32. The fourth-order valence-electron chi connectivity index (χ4n) is 2.90. The number of fused-ring (bicyclic) bond motifs is 1. The number of nitrogens with zero attached hydrogens (tertiary/aromatic N) is 3. The molecule has 25 heavy (non-hydrogen) atoms. The molecule has 0 aliphatic carbocycles. The van der Waals surface area contributed by atoms with Gasteiger partial charge in [-0.25, -0.2) is 4.68 Å². The maximum atomic E-state index is 6.00. The summed E-state index contributed by atoms with van der Waals surface area (Å²) in [5, 5.41) is 8.40. The maximum absolute atomic E-state index is 6.00. The van der Waals surface area contributed by atoms with Crippen LogP contribution in [0, 0.1) is 0 Å². The number of rotatable bonds is 4. The molecule has 0 saturated carbocycles. The van der Waals surface area contributed by atoms with Crippen molar-refractivity contribution in [2.75, 3.05) is 11.9 Å². The zero-order chi connectivity index (χ0) is 17.2. The second kappa shape index (κ2) is 6.61. The van der Waals surface area contributed by atoms with Gasteiger partial charge in [-0.15, -0.1) is 0 Å². The van der Waals surface area contributed by atoms with Crippen LogP contribution in [0.1, 0.15) is 24.1 Å². The number of halogens is 1. The van der Waals surface area contributed by atoms with Crippen LogP contribution < -0.4 is 10.1 Å². The normalized spacial score (nSPS) is 15.9. The third-order valence-corrected chi connectivity index (χ3v) is 4.35. The summed E-state index contributed by atoms with van der Waals surface area (Å²) >= 11 is 6.00. The van der Waals surface area contributed by atoms with Crippen LogP contribution in [0.3, 0.4) is 0 Å². The van der Waals surface area contributed by atoms with E-state index in [2.05, 4.69) is 33.6 Å². The van der Waals surface area contributed by atoms with Gasteiger partial charge in [0, 0.05) is 10.7 Å². The molecule has 2 aromatic carbocycles. The molecule has 5 nitrogen and oxygen atoms in total. The predicted octanol–water partition coefficient (Wildman–Crippen LogP) is 4.39. The largest absolute Gasteiger partial charge is 0.494 e. The molecule has 0 amide bonds. The van der Waals surface area contributed by atoms with E-state index in [1.807, 2.05) is 48.0 Å². The van der Waals surface area contributed by atoms with Crippen molar-refractivity contribution >= 4 is 23.2 Å². The van der Waals surface area contributed by atoms with E-state index in [0.717, 1.165) is 22.6 Å². The van der Waals surface area contributed by atoms with Crippen LogP contribution in [0.2, 0.25) is 5.02 Å². The molecule has 0 bridgehead atoms. The second-order valence-corrected chi connectivity index (χ2v) is 6.12. The van der Waals surface area contributed by atoms with Crippen LogP contribution in [-0.2, 0) is 0 Å². The summed E-state index contributed by atoms with van der Waals surface area (Å²) in [6.45, 7) is 2.63. The molecule has 0 saturated heterocycles. The van der Waals surface area contributed by atoms with Crippen molar-refractivity contribution in [3.05, 3.63) is 77.1 Å². The average Bonchev–Trinajstić information content (AvgIpc) is 3.11. The van der Waals surface area contributed by atoms with Gasteiger partial charge in [0.25, 0.3) is 0 Å². The lowest BCUT2D eigenvalue weighted by Crippen LogP contribution is -2.20. The fourth-order valence-corrected chi connectivity index (χ4v) is 3.02. The summed E-state index contributed by atoms with van der Waals surface area (Å²) in [5.74, 6) is 1.58. The molecule has 0 fully saturated rings. The first-order valence-electron chi connectivity index (χ1n) is 8.11. The summed E-state index contributed by atoms with van der Waals surface area (Å²) in [6, 6.07) is 15.8. The van der Waals surface area contributed by atoms with Crippen molar-refractivity contribution in [1.29, 1.82) is 0 Å². The summed E-state index contributed by atoms with van der Waals surface area (Å²) in [7, 11) is 0. The van der Waals surface area contributed by atoms with Crippen LogP contribution in [0.25, 0.3) is 5.70 Å². The van der Waals surface area contributed by atoms with Gasteiger partial charge >= 0.3 is 0 Å². The van der Waals surface area contributed by atoms with Gasteiger partial charge in [0.15, 0.2) is 0 Å². The number of anilines is 1. The van der Waals surface area contributed by atoms with Gasteiger partial charge in [0.1, 0.15) is 18.1 Å².